The highest BCUT2D eigenvalue weighted by atomic mass is 19.1. The van der Waals surface area contributed by atoms with E-state index in [4.69, 9.17) is 0 Å². The summed E-state index contributed by atoms with van der Waals surface area (Å²) in [7, 11) is 2.99. The first-order valence-electron chi connectivity index (χ1n) is 7.23. The van der Waals surface area contributed by atoms with Crippen molar-refractivity contribution in [2.24, 2.45) is 14.1 Å². The number of aliphatic hydroxyl groups excluding tert-OH is 1. The Kier molecular flexibility index (Phi) is 5.12. The van der Waals surface area contributed by atoms with E-state index in [0.717, 1.165) is 4.57 Å². The number of hydrogen-bond acceptors (Lipinski definition) is 4. The van der Waals surface area contributed by atoms with Crippen molar-refractivity contribution in [1.82, 2.24) is 14.5 Å². The van der Waals surface area contributed by atoms with Gasteiger partial charge in [0.2, 0.25) is 0 Å². The lowest BCUT2D eigenvalue weighted by atomic mass is 10.0. The van der Waals surface area contributed by atoms with E-state index in [1.165, 1.54) is 42.1 Å². The molecule has 2 N–H and O–H groups in total. The summed E-state index contributed by atoms with van der Waals surface area (Å²) in [5.74, 6) is -0.365. The monoisotopic (exact) mass is 321 g/mol. The maximum Gasteiger partial charge on any atom is 0.330 e. The molecule has 7 heteroatoms. The fourth-order valence-electron chi connectivity index (χ4n) is 2.34. The molecule has 0 amide bonds. The van der Waals surface area contributed by atoms with Crippen molar-refractivity contribution in [1.29, 1.82) is 0 Å². The Labute approximate surface area is 132 Å². The van der Waals surface area contributed by atoms with Crippen LogP contribution >= 0.6 is 0 Å². The zero-order valence-electron chi connectivity index (χ0n) is 13.3. The topological polar surface area (TPSA) is 76.3 Å². The minimum Gasteiger partial charge on any atom is -0.387 e. The van der Waals surface area contributed by atoms with E-state index in [9.17, 15) is 19.1 Å². The standard InChI is InChI=1S/C16H20FN3O3/c1-10(14(21)11-4-6-13(17)7-5-11)18-8-12-9-19(2)16(23)20(3)15(12)22/h4-7,9-10,14,18,21H,8H2,1-3H3. The van der Waals surface area contributed by atoms with Crippen molar-refractivity contribution in [2.75, 3.05) is 0 Å². The van der Waals surface area contributed by atoms with Crippen LogP contribution in [0.15, 0.2) is 40.1 Å². The van der Waals surface area contributed by atoms with E-state index >= 15 is 0 Å². The third kappa shape index (κ3) is 3.75. The summed E-state index contributed by atoms with van der Waals surface area (Å²) in [6, 6.07) is 5.25. The fourth-order valence-corrected chi connectivity index (χ4v) is 2.34. The summed E-state index contributed by atoms with van der Waals surface area (Å²) in [6.07, 6.45) is 0.640. The van der Waals surface area contributed by atoms with Gasteiger partial charge in [-0.15, -0.1) is 0 Å². The van der Waals surface area contributed by atoms with E-state index in [-0.39, 0.29) is 24.0 Å². The second-order valence-corrected chi connectivity index (χ2v) is 5.58. The smallest absolute Gasteiger partial charge is 0.330 e. The lowest BCUT2D eigenvalue weighted by Gasteiger charge is -2.21. The lowest BCUT2D eigenvalue weighted by Crippen LogP contribution is -2.41. The molecular formula is C16H20FN3O3. The van der Waals surface area contributed by atoms with Crippen LogP contribution in [0.2, 0.25) is 0 Å². The van der Waals surface area contributed by atoms with Gasteiger partial charge in [-0.05, 0) is 24.6 Å². The molecular weight excluding hydrogens is 301 g/mol. The molecule has 6 nitrogen and oxygen atoms in total. The molecule has 0 saturated heterocycles. The quantitative estimate of drug-likeness (QED) is 0.838. The van der Waals surface area contributed by atoms with E-state index < -0.39 is 11.8 Å². The molecule has 0 spiro atoms. The number of hydrogen-bond donors (Lipinski definition) is 2. The summed E-state index contributed by atoms with van der Waals surface area (Å²) in [5, 5.41) is 13.3. The van der Waals surface area contributed by atoms with E-state index in [2.05, 4.69) is 5.32 Å². The number of aromatic nitrogens is 2. The molecule has 1 aromatic heterocycles. The highest BCUT2D eigenvalue weighted by molar-refractivity contribution is 5.19. The van der Waals surface area contributed by atoms with Crippen molar-refractivity contribution in [3.63, 3.8) is 0 Å². The molecule has 0 fully saturated rings. The van der Waals surface area contributed by atoms with Crippen LogP contribution in [0.3, 0.4) is 0 Å². The van der Waals surface area contributed by atoms with Gasteiger partial charge in [0.15, 0.2) is 0 Å². The number of halogens is 1. The molecule has 124 valence electrons. The Balaban J connectivity index is 2.10. The van der Waals surface area contributed by atoms with Crippen LogP contribution in [0.4, 0.5) is 4.39 Å². The zero-order chi connectivity index (χ0) is 17.1. The maximum absolute atomic E-state index is 12.9. The largest absolute Gasteiger partial charge is 0.387 e. The Morgan fingerprint density at radius 1 is 1.22 bits per heavy atom. The van der Waals surface area contributed by atoms with Gasteiger partial charge in [-0.25, -0.2) is 9.18 Å². The summed E-state index contributed by atoms with van der Waals surface area (Å²) in [6.45, 7) is 1.97. The van der Waals surface area contributed by atoms with Gasteiger partial charge < -0.3 is 15.0 Å². The molecule has 2 aromatic rings. The van der Waals surface area contributed by atoms with Crippen LogP contribution < -0.4 is 16.6 Å². The minimum absolute atomic E-state index is 0.209. The normalized spacial score (nSPS) is 13.8. The third-order valence-electron chi connectivity index (χ3n) is 3.82. The van der Waals surface area contributed by atoms with Gasteiger partial charge in [-0.1, -0.05) is 12.1 Å². The Morgan fingerprint density at radius 2 is 1.83 bits per heavy atom. The number of nitrogens with zero attached hydrogens (tertiary/aromatic N) is 2. The van der Waals surface area contributed by atoms with Crippen molar-refractivity contribution >= 4 is 0 Å². The number of nitrogens with one attached hydrogen (secondary N) is 1. The van der Waals surface area contributed by atoms with Gasteiger partial charge in [0.25, 0.3) is 5.56 Å². The number of aliphatic hydroxyl groups is 1. The third-order valence-corrected chi connectivity index (χ3v) is 3.82. The molecule has 0 radical (unpaired) electrons. The molecule has 0 bridgehead atoms. The van der Waals surface area contributed by atoms with E-state index in [0.29, 0.717) is 11.1 Å². The minimum atomic E-state index is -0.841. The fraction of sp³-hybridized carbons (Fsp3) is 0.375. The zero-order valence-corrected chi connectivity index (χ0v) is 13.3. The average Bonchev–Trinajstić information content (AvgIpc) is 2.54. The predicted molar refractivity (Wildman–Crippen MR) is 84.6 cm³/mol. The first-order valence-corrected chi connectivity index (χ1v) is 7.23. The highest BCUT2D eigenvalue weighted by Crippen LogP contribution is 2.17. The van der Waals surface area contributed by atoms with Gasteiger partial charge >= 0.3 is 5.69 Å². The molecule has 23 heavy (non-hydrogen) atoms. The van der Waals surface area contributed by atoms with Gasteiger partial charge in [-0.3, -0.25) is 9.36 Å². The molecule has 0 aliphatic heterocycles. The van der Waals surface area contributed by atoms with E-state index in [1.807, 2.05) is 0 Å². The predicted octanol–water partition coefficient (Wildman–Crippen LogP) is 0.435. The summed E-state index contributed by atoms with van der Waals surface area (Å²) < 4.78 is 15.3. The number of benzene rings is 1. The van der Waals surface area contributed by atoms with Gasteiger partial charge in [-0.2, -0.15) is 0 Å². The van der Waals surface area contributed by atoms with Crippen LogP contribution in [0.25, 0.3) is 0 Å². The molecule has 2 unspecified atom stereocenters. The SMILES string of the molecule is CC(NCc1cn(C)c(=O)n(C)c1=O)C(O)c1ccc(F)cc1. The summed E-state index contributed by atoms with van der Waals surface area (Å²) >= 11 is 0. The number of rotatable bonds is 5. The molecule has 0 aliphatic rings. The van der Waals surface area contributed by atoms with Crippen LogP contribution in [0.1, 0.15) is 24.2 Å². The van der Waals surface area contributed by atoms with Gasteiger partial charge in [0.1, 0.15) is 5.82 Å². The van der Waals surface area contributed by atoms with Gasteiger partial charge in [0, 0.05) is 38.4 Å². The second-order valence-electron chi connectivity index (χ2n) is 5.58. The molecule has 2 atom stereocenters. The first kappa shape index (κ1) is 17.1. The molecule has 0 aliphatic carbocycles. The van der Waals surface area contributed by atoms with Crippen LogP contribution in [-0.4, -0.2) is 20.3 Å². The van der Waals surface area contributed by atoms with Gasteiger partial charge in [0.05, 0.1) is 6.10 Å². The Hall–Kier alpha value is -2.25. The van der Waals surface area contributed by atoms with Crippen molar-refractivity contribution < 1.29 is 9.50 Å². The second kappa shape index (κ2) is 6.89. The lowest BCUT2D eigenvalue weighted by molar-refractivity contribution is 0.135. The van der Waals surface area contributed by atoms with Crippen molar-refractivity contribution in [3.05, 3.63) is 68.2 Å². The molecule has 0 saturated carbocycles. The van der Waals surface area contributed by atoms with Crippen LogP contribution in [-0.2, 0) is 20.6 Å². The van der Waals surface area contributed by atoms with E-state index in [1.54, 1.807) is 14.0 Å². The Morgan fingerprint density at radius 3 is 2.43 bits per heavy atom. The highest BCUT2D eigenvalue weighted by Gasteiger charge is 2.17. The molecule has 1 heterocycles. The van der Waals surface area contributed by atoms with Crippen molar-refractivity contribution in [2.45, 2.75) is 25.6 Å². The summed E-state index contributed by atoms with van der Waals surface area (Å²) in [5.41, 5.74) is 0.245. The summed E-state index contributed by atoms with van der Waals surface area (Å²) in [4.78, 5) is 23.7. The maximum atomic E-state index is 12.9. The average molecular weight is 321 g/mol. The first-order chi connectivity index (χ1) is 10.8. The number of aryl methyl sites for hydroxylation is 1. The van der Waals surface area contributed by atoms with Crippen molar-refractivity contribution in [3.8, 4) is 0 Å². The Bertz CT molecular complexity index is 796. The van der Waals surface area contributed by atoms with Crippen LogP contribution in [0, 0.1) is 5.82 Å². The molecule has 1 aromatic carbocycles. The molecule has 2 rings (SSSR count). The van der Waals surface area contributed by atoms with Crippen LogP contribution in [0.5, 0.6) is 0 Å².